The molecule has 0 radical (unpaired) electrons. The van der Waals surface area contributed by atoms with Crippen LogP contribution < -0.4 is 11.3 Å². The standard InChI is InChI=1S/C14H16ClN3/c1-9-6-7-11(8-17-9)14(18-16)12-4-3-5-13(15)10(12)2/h3-8,14,18H,16H2,1-2H3. The van der Waals surface area contributed by atoms with Crippen LogP contribution in [0.4, 0.5) is 0 Å². The Bertz CT molecular complexity index is 537. The SMILES string of the molecule is Cc1ccc(C(NN)c2cccc(Cl)c2C)cn1. The first-order chi connectivity index (χ1) is 8.63. The van der Waals surface area contributed by atoms with Gasteiger partial charge in [0.1, 0.15) is 0 Å². The maximum absolute atomic E-state index is 6.14. The van der Waals surface area contributed by atoms with E-state index >= 15 is 0 Å². The van der Waals surface area contributed by atoms with Crippen LogP contribution in [0, 0.1) is 13.8 Å². The van der Waals surface area contributed by atoms with Crippen molar-refractivity contribution in [2.45, 2.75) is 19.9 Å². The minimum Gasteiger partial charge on any atom is -0.271 e. The van der Waals surface area contributed by atoms with E-state index in [0.29, 0.717) is 0 Å². The van der Waals surface area contributed by atoms with Gasteiger partial charge in [0.05, 0.1) is 6.04 Å². The fraction of sp³-hybridized carbons (Fsp3) is 0.214. The van der Waals surface area contributed by atoms with Crippen molar-refractivity contribution in [3.05, 3.63) is 63.9 Å². The van der Waals surface area contributed by atoms with Gasteiger partial charge in [0.25, 0.3) is 0 Å². The zero-order valence-corrected chi connectivity index (χ0v) is 11.2. The number of hydrazine groups is 1. The van der Waals surface area contributed by atoms with E-state index in [2.05, 4.69) is 10.4 Å². The summed E-state index contributed by atoms with van der Waals surface area (Å²) >= 11 is 6.14. The summed E-state index contributed by atoms with van der Waals surface area (Å²) in [5.74, 6) is 5.67. The van der Waals surface area contributed by atoms with Crippen LogP contribution in [0.25, 0.3) is 0 Å². The molecule has 0 bridgehead atoms. The number of hydrogen-bond donors (Lipinski definition) is 2. The van der Waals surface area contributed by atoms with Gasteiger partial charge in [-0.3, -0.25) is 10.8 Å². The first-order valence-corrected chi connectivity index (χ1v) is 6.15. The predicted octanol–water partition coefficient (Wildman–Crippen LogP) is 2.90. The molecule has 0 spiro atoms. The third-order valence-corrected chi connectivity index (χ3v) is 3.46. The number of aryl methyl sites for hydroxylation is 1. The summed E-state index contributed by atoms with van der Waals surface area (Å²) in [6.07, 6.45) is 1.83. The van der Waals surface area contributed by atoms with Crippen LogP contribution in [-0.2, 0) is 0 Å². The molecule has 18 heavy (non-hydrogen) atoms. The molecule has 1 aromatic heterocycles. The molecule has 0 aliphatic carbocycles. The number of hydrogen-bond acceptors (Lipinski definition) is 3. The Morgan fingerprint density at radius 3 is 2.61 bits per heavy atom. The van der Waals surface area contributed by atoms with E-state index in [-0.39, 0.29) is 6.04 Å². The topological polar surface area (TPSA) is 50.9 Å². The molecule has 1 aromatic carbocycles. The summed E-state index contributed by atoms with van der Waals surface area (Å²) in [6, 6.07) is 9.72. The van der Waals surface area contributed by atoms with Crippen molar-refractivity contribution in [1.82, 2.24) is 10.4 Å². The number of halogens is 1. The summed E-state index contributed by atoms with van der Waals surface area (Å²) in [4.78, 5) is 4.30. The van der Waals surface area contributed by atoms with Crippen LogP contribution in [0.5, 0.6) is 0 Å². The second-order valence-electron chi connectivity index (χ2n) is 4.29. The number of pyridine rings is 1. The molecule has 4 heteroatoms. The Kier molecular flexibility index (Phi) is 3.97. The lowest BCUT2D eigenvalue weighted by Crippen LogP contribution is -2.29. The number of rotatable bonds is 3. The van der Waals surface area contributed by atoms with E-state index in [9.17, 15) is 0 Å². The van der Waals surface area contributed by atoms with Crippen molar-refractivity contribution in [1.29, 1.82) is 0 Å². The van der Waals surface area contributed by atoms with Crippen LogP contribution in [0.2, 0.25) is 5.02 Å². The van der Waals surface area contributed by atoms with Gasteiger partial charge in [-0.1, -0.05) is 29.8 Å². The van der Waals surface area contributed by atoms with Crippen LogP contribution in [0.15, 0.2) is 36.5 Å². The van der Waals surface area contributed by atoms with Gasteiger partial charge in [0, 0.05) is 16.9 Å². The minimum atomic E-state index is -0.100. The Balaban J connectivity index is 2.45. The van der Waals surface area contributed by atoms with Crippen molar-refractivity contribution >= 4 is 11.6 Å². The molecule has 0 saturated carbocycles. The number of benzene rings is 1. The summed E-state index contributed by atoms with van der Waals surface area (Å²) in [6.45, 7) is 3.95. The fourth-order valence-electron chi connectivity index (χ4n) is 1.95. The smallest absolute Gasteiger partial charge is 0.0728 e. The first kappa shape index (κ1) is 13.0. The molecule has 1 heterocycles. The lowest BCUT2D eigenvalue weighted by atomic mass is 9.96. The van der Waals surface area contributed by atoms with Crippen molar-refractivity contribution in [2.24, 2.45) is 5.84 Å². The average molecular weight is 262 g/mol. The maximum atomic E-state index is 6.14. The molecule has 0 aliphatic heterocycles. The molecule has 1 unspecified atom stereocenters. The third kappa shape index (κ3) is 2.53. The Labute approximate surface area is 112 Å². The van der Waals surface area contributed by atoms with Gasteiger partial charge in [0.15, 0.2) is 0 Å². The van der Waals surface area contributed by atoms with Gasteiger partial charge in [-0.2, -0.15) is 0 Å². The van der Waals surface area contributed by atoms with Gasteiger partial charge in [-0.15, -0.1) is 0 Å². The van der Waals surface area contributed by atoms with E-state index in [0.717, 1.165) is 27.4 Å². The molecule has 0 fully saturated rings. The largest absolute Gasteiger partial charge is 0.271 e. The molecule has 0 amide bonds. The highest BCUT2D eigenvalue weighted by molar-refractivity contribution is 6.31. The summed E-state index contributed by atoms with van der Waals surface area (Å²) in [5, 5.41) is 0.743. The molecular weight excluding hydrogens is 246 g/mol. The normalized spacial score (nSPS) is 12.4. The zero-order valence-electron chi connectivity index (χ0n) is 10.4. The molecule has 94 valence electrons. The lowest BCUT2D eigenvalue weighted by Gasteiger charge is -2.19. The Morgan fingerprint density at radius 2 is 2.00 bits per heavy atom. The summed E-state index contributed by atoms with van der Waals surface area (Å²) < 4.78 is 0. The number of nitrogens with zero attached hydrogens (tertiary/aromatic N) is 1. The van der Waals surface area contributed by atoms with E-state index in [1.54, 1.807) is 0 Å². The van der Waals surface area contributed by atoms with E-state index < -0.39 is 0 Å². The van der Waals surface area contributed by atoms with Gasteiger partial charge >= 0.3 is 0 Å². The summed E-state index contributed by atoms with van der Waals surface area (Å²) in [5.41, 5.74) is 6.92. The highest BCUT2D eigenvalue weighted by atomic mass is 35.5. The zero-order chi connectivity index (χ0) is 13.1. The molecule has 1 atom stereocenters. The van der Waals surface area contributed by atoms with Crippen molar-refractivity contribution in [3.8, 4) is 0 Å². The minimum absolute atomic E-state index is 0.100. The molecule has 2 rings (SSSR count). The van der Waals surface area contributed by atoms with Gasteiger partial charge in [-0.05, 0) is 42.7 Å². The number of nitrogens with two attached hydrogens (primary N) is 1. The van der Waals surface area contributed by atoms with Crippen molar-refractivity contribution < 1.29 is 0 Å². The fourth-order valence-corrected chi connectivity index (χ4v) is 2.13. The van der Waals surface area contributed by atoms with Gasteiger partial charge in [-0.25, -0.2) is 5.43 Å². The molecule has 0 saturated heterocycles. The van der Waals surface area contributed by atoms with E-state index in [1.807, 2.05) is 50.4 Å². The van der Waals surface area contributed by atoms with Crippen LogP contribution in [0.3, 0.4) is 0 Å². The Hall–Kier alpha value is -1.42. The van der Waals surface area contributed by atoms with Crippen LogP contribution in [-0.4, -0.2) is 4.98 Å². The second-order valence-corrected chi connectivity index (χ2v) is 4.69. The molecule has 3 nitrogen and oxygen atoms in total. The molecule has 0 aliphatic rings. The van der Waals surface area contributed by atoms with E-state index in [4.69, 9.17) is 17.4 Å². The average Bonchev–Trinajstić information content (AvgIpc) is 2.37. The summed E-state index contributed by atoms with van der Waals surface area (Å²) in [7, 11) is 0. The van der Waals surface area contributed by atoms with Crippen molar-refractivity contribution in [2.75, 3.05) is 0 Å². The highest BCUT2D eigenvalue weighted by Gasteiger charge is 2.15. The predicted molar refractivity (Wildman–Crippen MR) is 74.3 cm³/mol. The molecule has 3 N–H and O–H groups in total. The highest BCUT2D eigenvalue weighted by Crippen LogP contribution is 2.27. The lowest BCUT2D eigenvalue weighted by molar-refractivity contribution is 0.631. The second kappa shape index (κ2) is 5.48. The quantitative estimate of drug-likeness (QED) is 0.660. The molecular formula is C14H16ClN3. The first-order valence-electron chi connectivity index (χ1n) is 5.77. The van der Waals surface area contributed by atoms with Crippen LogP contribution in [0.1, 0.15) is 28.4 Å². The number of nitrogens with one attached hydrogen (secondary N) is 1. The van der Waals surface area contributed by atoms with Crippen LogP contribution >= 0.6 is 11.6 Å². The van der Waals surface area contributed by atoms with E-state index in [1.165, 1.54) is 0 Å². The number of aromatic nitrogens is 1. The van der Waals surface area contributed by atoms with Gasteiger partial charge in [0.2, 0.25) is 0 Å². The monoisotopic (exact) mass is 261 g/mol. The van der Waals surface area contributed by atoms with Crippen molar-refractivity contribution in [3.63, 3.8) is 0 Å². The Morgan fingerprint density at radius 1 is 1.22 bits per heavy atom. The van der Waals surface area contributed by atoms with Gasteiger partial charge < -0.3 is 0 Å². The maximum Gasteiger partial charge on any atom is 0.0728 e. The molecule has 2 aromatic rings. The third-order valence-electron chi connectivity index (χ3n) is 3.05.